The Bertz CT molecular complexity index is 399. The maximum Gasteiger partial charge on any atom is 0.166 e. The number of hydrogen-bond acceptors (Lipinski definition) is 3. The van der Waals surface area contributed by atoms with Crippen molar-refractivity contribution in [2.75, 3.05) is 26.9 Å². The summed E-state index contributed by atoms with van der Waals surface area (Å²) in [5.41, 5.74) is 1.09. The number of rotatable bonds is 9. The Hall–Kier alpha value is -1.33. The third-order valence-electron chi connectivity index (χ3n) is 2.73. The molecule has 0 atom stereocenters. The van der Waals surface area contributed by atoms with Crippen LogP contribution < -0.4 is 15.4 Å². The highest BCUT2D eigenvalue weighted by atomic mass is 32.1. The number of hydrogen-bond donors (Lipinski definition) is 2. The fourth-order valence-electron chi connectivity index (χ4n) is 1.71. The van der Waals surface area contributed by atoms with E-state index in [1.54, 1.807) is 7.11 Å². The molecule has 0 aliphatic carbocycles. The van der Waals surface area contributed by atoms with Crippen LogP contribution in [0, 0.1) is 0 Å². The highest BCUT2D eigenvalue weighted by Crippen LogP contribution is 2.16. The molecule has 0 aromatic heterocycles. The molecular weight excluding hydrogens is 272 g/mol. The summed E-state index contributed by atoms with van der Waals surface area (Å²) in [6, 6.07) is 7.90. The van der Waals surface area contributed by atoms with Crippen LogP contribution >= 0.6 is 12.2 Å². The highest BCUT2D eigenvalue weighted by molar-refractivity contribution is 7.80. The number of benzene rings is 1. The minimum atomic E-state index is 0.655. The van der Waals surface area contributed by atoms with Crippen molar-refractivity contribution in [2.45, 2.75) is 26.3 Å². The summed E-state index contributed by atoms with van der Waals surface area (Å²) in [4.78, 5) is 0. The van der Waals surface area contributed by atoms with Gasteiger partial charge in [-0.3, -0.25) is 0 Å². The Morgan fingerprint density at radius 2 is 2.00 bits per heavy atom. The highest BCUT2D eigenvalue weighted by Gasteiger charge is 2.02. The van der Waals surface area contributed by atoms with Gasteiger partial charge in [0.25, 0.3) is 0 Å². The third-order valence-corrected chi connectivity index (χ3v) is 3.02. The summed E-state index contributed by atoms with van der Waals surface area (Å²) in [6.07, 6.45) is 2.02. The van der Waals surface area contributed by atoms with Gasteiger partial charge in [-0.25, -0.2) is 0 Å². The van der Waals surface area contributed by atoms with Crippen molar-refractivity contribution in [3.8, 4) is 5.75 Å². The minimum absolute atomic E-state index is 0.655. The van der Waals surface area contributed by atoms with Gasteiger partial charge in [-0.05, 0) is 31.1 Å². The maximum absolute atomic E-state index is 5.40. The number of para-hydroxylation sites is 1. The van der Waals surface area contributed by atoms with Gasteiger partial charge in [0.1, 0.15) is 5.75 Å². The van der Waals surface area contributed by atoms with Gasteiger partial charge >= 0.3 is 0 Å². The third kappa shape index (κ3) is 6.73. The van der Waals surface area contributed by atoms with Gasteiger partial charge in [0, 0.05) is 31.9 Å². The van der Waals surface area contributed by atoms with Gasteiger partial charge in [-0.1, -0.05) is 25.1 Å². The van der Waals surface area contributed by atoms with E-state index in [1.807, 2.05) is 24.3 Å². The molecule has 112 valence electrons. The number of methoxy groups -OCH3 is 1. The maximum atomic E-state index is 5.40. The van der Waals surface area contributed by atoms with Crippen LogP contribution in [-0.4, -0.2) is 32.0 Å². The summed E-state index contributed by atoms with van der Waals surface area (Å²) in [7, 11) is 1.67. The van der Waals surface area contributed by atoms with Gasteiger partial charge in [-0.2, -0.15) is 0 Å². The zero-order valence-electron chi connectivity index (χ0n) is 12.3. The Labute approximate surface area is 126 Å². The van der Waals surface area contributed by atoms with E-state index in [1.165, 1.54) is 0 Å². The molecule has 5 heteroatoms. The van der Waals surface area contributed by atoms with E-state index in [9.17, 15) is 0 Å². The topological polar surface area (TPSA) is 42.5 Å². The predicted octanol–water partition coefficient (Wildman–Crippen LogP) is 2.48. The molecule has 0 saturated heterocycles. The fraction of sp³-hybridized carbons (Fsp3) is 0.533. The monoisotopic (exact) mass is 296 g/mol. The molecule has 4 nitrogen and oxygen atoms in total. The van der Waals surface area contributed by atoms with E-state index < -0.39 is 0 Å². The van der Waals surface area contributed by atoms with E-state index >= 15 is 0 Å². The summed E-state index contributed by atoms with van der Waals surface area (Å²) < 4.78 is 10.7. The normalized spacial score (nSPS) is 10.1. The van der Waals surface area contributed by atoms with Crippen molar-refractivity contribution in [3.05, 3.63) is 29.8 Å². The molecule has 2 N–H and O–H groups in total. The van der Waals surface area contributed by atoms with Crippen LogP contribution in [-0.2, 0) is 11.3 Å². The molecule has 0 fully saturated rings. The first-order valence-electron chi connectivity index (χ1n) is 6.99. The molecule has 0 spiro atoms. The molecule has 1 rings (SSSR count). The Morgan fingerprint density at radius 1 is 1.20 bits per heavy atom. The molecule has 0 amide bonds. The SMILES string of the molecule is CCCOCCCNC(=S)NCc1ccccc1OC. The Kier molecular flexibility index (Phi) is 8.74. The zero-order valence-corrected chi connectivity index (χ0v) is 13.1. The molecule has 0 radical (unpaired) electrons. The number of nitrogens with one attached hydrogen (secondary N) is 2. The van der Waals surface area contributed by atoms with Gasteiger partial charge in [0.05, 0.1) is 7.11 Å². The average Bonchev–Trinajstić information content (AvgIpc) is 2.49. The molecule has 0 bridgehead atoms. The van der Waals surface area contributed by atoms with E-state index in [0.717, 1.165) is 43.9 Å². The first-order valence-corrected chi connectivity index (χ1v) is 7.40. The van der Waals surface area contributed by atoms with Crippen molar-refractivity contribution >= 4 is 17.3 Å². The molecule has 0 aliphatic rings. The molecule has 0 unspecified atom stereocenters. The molecule has 1 aromatic rings. The van der Waals surface area contributed by atoms with Crippen LogP contribution in [0.3, 0.4) is 0 Å². The van der Waals surface area contributed by atoms with Crippen LogP contribution in [0.4, 0.5) is 0 Å². The van der Waals surface area contributed by atoms with Crippen molar-refractivity contribution in [2.24, 2.45) is 0 Å². The van der Waals surface area contributed by atoms with Gasteiger partial charge in [0.2, 0.25) is 0 Å². The van der Waals surface area contributed by atoms with Crippen molar-refractivity contribution in [3.63, 3.8) is 0 Å². The second-order valence-electron chi connectivity index (χ2n) is 4.39. The minimum Gasteiger partial charge on any atom is -0.496 e. The summed E-state index contributed by atoms with van der Waals surface area (Å²) in [5, 5.41) is 7.00. The van der Waals surface area contributed by atoms with Crippen LogP contribution in [0.2, 0.25) is 0 Å². The zero-order chi connectivity index (χ0) is 14.6. The van der Waals surface area contributed by atoms with Crippen LogP contribution in [0.25, 0.3) is 0 Å². The largest absolute Gasteiger partial charge is 0.496 e. The van der Waals surface area contributed by atoms with Crippen LogP contribution in [0.1, 0.15) is 25.3 Å². The first-order chi connectivity index (χ1) is 9.77. The molecule has 20 heavy (non-hydrogen) atoms. The van der Waals surface area contributed by atoms with Crippen molar-refractivity contribution in [1.82, 2.24) is 10.6 Å². The lowest BCUT2D eigenvalue weighted by Crippen LogP contribution is -2.35. The van der Waals surface area contributed by atoms with E-state index in [4.69, 9.17) is 21.7 Å². The van der Waals surface area contributed by atoms with E-state index in [-0.39, 0.29) is 0 Å². The van der Waals surface area contributed by atoms with Crippen molar-refractivity contribution < 1.29 is 9.47 Å². The smallest absolute Gasteiger partial charge is 0.166 e. The quantitative estimate of drug-likeness (QED) is 0.541. The van der Waals surface area contributed by atoms with E-state index in [0.29, 0.717) is 11.7 Å². The van der Waals surface area contributed by atoms with Gasteiger partial charge < -0.3 is 20.1 Å². The second kappa shape index (κ2) is 10.5. The number of ether oxygens (including phenoxy) is 2. The number of thiocarbonyl (C=S) groups is 1. The molecule has 0 aliphatic heterocycles. The lowest BCUT2D eigenvalue weighted by Gasteiger charge is -2.12. The Morgan fingerprint density at radius 3 is 2.75 bits per heavy atom. The average molecular weight is 296 g/mol. The Balaban J connectivity index is 2.16. The summed E-state index contributed by atoms with van der Waals surface area (Å²) in [5.74, 6) is 0.871. The van der Waals surface area contributed by atoms with Gasteiger partial charge in [-0.15, -0.1) is 0 Å². The lowest BCUT2D eigenvalue weighted by atomic mass is 10.2. The molecule has 1 aromatic carbocycles. The summed E-state index contributed by atoms with van der Waals surface area (Å²) >= 11 is 5.23. The molecular formula is C15H24N2O2S. The summed E-state index contributed by atoms with van der Waals surface area (Å²) in [6.45, 7) is 5.19. The standard InChI is InChI=1S/C15H24N2O2S/c1-3-10-19-11-6-9-16-15(20)17-12-13-7-4-5-8-14(13)18-2/h4-5,7-8H,3,6,9-12H2,1-2H3,(H2,16,17,20). The first kappa shape index (κ1) is 16.7. The van der Waals surface area contributed by atoms with Crippen LogP contribution in [0.15, 0.2) is 24.3 Å². The van der Waals surface area contributed by atoms with Gasteiger partial charge in [0.15, 0.2) is 5.11 Å². The lowest BCUT2D eigenvalue weighted by molar-refractivity contribution is 0.133. The van der Waals surface area contributed by atoms with Crippen molar-refractivity contribution in [1.29, 1.82) is 0 Å². The molecule has 0 heterocycles. The molecule has 0 saturated carbocycles. The fourth-order valence-corrected chi connectivity index (χ4v) is 1.88. The predicted molar refractivity (Wildman–Crippen MR) is 86.2 cm³/mol. The van der Waals surface area contributed by atoms with E-state index in [2.05, 4.69) is 17.6 Å². The van der Waals surface area contributed by atoms with Crippen LogP contribution in [0.5, 0.6) is 5.75 Å². The second-order valence-corrected chi connectivity index (χ2v) is 4.80.